The summed E-state index contributed by atoms with van der Waals surface area (Å²) in [5.41, 5.74) is 12.2. The van der Waals surface area contributed by atoms with Crippen LogP contribution in [0.25, 0.3) is 21.3 Å². The summed E-state index contributed by atoms with van der Waals surface area (Å²) in [5.74, 6) is 1.82. The number of carbonyl (C=O) groups is 1. The van der Waals surface area contributed by atoms with E-state index in [1.165, 1.54) is 47.6 Å². The molecule has 0 bridgehead atoms. The van der Waals surface area contributed by atoms with Gasteiger partial charge in [-0.3, -0.25) is 4.79 Å². The van der Waals surface area contributed by atoms with Gasteiger partial charge in [-0.05, 0) is 101 Å². The number of nitrogens with two attached hydrogens (primary N) is 1. The lowest BCUT2D eigenvalue weighted by atomic mass is 9.90. The average Bonchev–Trinajstić information content (AvgIpc) is 3.47. The minimum absolute atomic E-state index is 0.214. The van der Waals surface area contributed by atoms with Crippen LogP contribution in [0.3, 0.4) is 0 Å². The normalized spacial score (nSPS) is 21.2. The van der Waals surface area contributed by atoms with Gasteiger partial charge in [0.05, 0.1) is 32.3 Å². The first-order chi connectivity index (χ1) is 17.8. The third kappa shape index (κ3) is 5.65. The molecule has 0 spiro atoms. The standard InChI is InChI=1S/C20H27N3OS.C9H11N3/c1-14-3-5-18(23(12-14)13-24)16-4-6-19-17(11-16)21-20(25-19)15-7-9-22(2)10-8-15;1-5-3-7-8(12-9(5)10)4-6(2)11-7/h4,6,11,13-15,18H,3,5,7-10,12H2,1-2H3;3-4,11H,1-2H3,(H2,10,12)/t14?,18-;/m1./s1. The molecular weight excluding hydrogens is 480 g/mol. The molecule has 5 heterocycles. The number of thiazole rings is 1. The number of hydrogen-bond acceptors (Lipinski definition) is 6. The Morgan fingerprint density at radius 3 is 2.59 bits per heavy atom. The van der Waals surface area contributed by atoms with Crippen LogP contribution in [0.1, 0.15) is 66.4 Å². The Kier molecular flexibility index (Phi) is 7.49. The molecule has 2 aliphatic rings. The van der Waals surface area contributed by atoms with Gasteiger partial charge in [-0.1, -0.05) is 13.0 Å². The number of rotatable bonds is 3. The van der Waals surface area contributed by atoms with Crippen molar-refractivity contribution in [2.45, 2.75) is 58.4 Å². The largest absolute Gasteiger partial charge is 0.383 e. The predicted molar refractivity (Wildman–Crippen MR) is 153 cm³/mol. The summed E-state index contributed by atoms with van der Waals surface area (Å²) in [7, 11) is 2.20. The molecule has 2 atom stereocenters. The smallest absolute Gasteiger partial charge is 0.210 e. The zero-order valence-electron chi connectivity index (χ0n) is 22.3. The zero-order chi connectivity index (χ0) is 26.1. The maximum Gasteiger partial charge on any atom is 0.210 e. The van der Waals surface area contributed by atoms with Gasteiger partial charge in [0, 0.05) is 18.2 Å². The molecular formula is C29H38N6OS. The number of fused-ring (bicyclic) bond motifs is 2. The van der Waals surface area contributed by atoms with Crippen molar-refractivity contribution in [1.29, 1.82) is 0 Å². The third-order valence-corrected chi connectivity index (χ3v) is 9.04. The van der Waals surface area contributed by atoms with E-state index >= 15 is 0 Å². The minimum Gasteiger partial charge on any atom is -0.383 e. The van der Waals surface area contributed by atoms with Gasteiger partial charge < -0.3 is 20.5 Å². The van der Waals surface area contributed by atoms with Crippen molar-refractivity contribution >= 4 is 44.8 Å². The number of amides is 1. The van der Waals surface area contributed by atoms with Gasteiger partial charge in [-0.25, -0.2) is 9.97 Å². The topological polar surface area (TPSA) is 91.1 Å². The lowest BCUT2D eigenvalue weighted by Gasteiger charge is -2.36. The number of hydrogen-bond donors (Lipinski definition) is 2. The lowest BCUT2D eigenvalue weighted by Crippen LogP contribution is -2.36. The summed E-state index contributed by atoms with van der Waals surface area (Å²) in [6.45, 7) is 9.39. The highest BCUT2D eigenvalue weighted by molar-refractivity contribution is 7.18. The van der Waals surface area contributed by atoms with E-state index in [0.717, 1.165) is 47.2 Å². The summed E-state index contributed by atoms with van der Waals surface area (Å²) in [4.78, 5) is 28.3. The van der Waals surface area contributed by atoms with Crippen LogP contribution >= 0.6 is 11.3 Å². The number of benzene rings is 1. The molecule has 3 aromatic heterocycles. The predicted octanol–water partition coefficient (Wildman–Crippen LogP) is 5.80. The lowest BCUT2D eigenvalue weighted by molar-refractivity contribution is -0.122. The summed E-state index contributed by atoms with van der Waals surface area (Å²) in [6, 6.07) is 10.9. The number of nitrogens with zero attached hydrogens (tertiary/aromatic N) is 4. The Hall–Kier alpha value is -2.97. The number of aromatic nitrogens is 3. The van der Waals surface area contributed by atoms with Gasteiger partial charge >= 0.3 is 0 Å². The molecule has 1 amide bonds. The van der Waals surface area contributed by atoms with Crippen LogP contribution < -0.4 is 5.73 Å². The highest BCUT2D eigenvalue weighted by Gasteiger charge is 2.27. The van der Waals surface area contributed by atoms with Crippen LogP contribution in [-0.2, 0) is 4.79 Å². The van der Waals surface area contributed by atoms with Crippen LogP contribution in [0.4, 0.5) is 5.82 Å². The SMILES string of the molecule is CC1CC[C@H](c2ccc3sc(C4CCN(C)CC4)nc3c2)N(C=O)C1.Cc1cc2nc(N)c(C)cc2[nH]1. The first-order valence-electron chi connectivity index (χ1n) is 13.3. The van der Waals surface area contributed by atoms with Gasteiger partial charge in [0.2, 0.25) is 6.41 Å². The Morgan fingerprint density at radius 2 is 1.84 bits per heavy atom. The van der Waals surface area contributed by atoms with Crippen molar-refractivity contribution in [3.05, 3.63) is 52.2 Å². The quantitative estimate of drug-likeness (QED) is 0.335. The van der Waals surface area contributed by atoms with Crippen LogP contribution in [0.15, 0.2) is 30.3 Å². The number of aryl methyl sites for hydroxylation is 2. The van der Waals surface area contributed by atoms with E-state index in [2.05, 4.69) is 47.0 Å². The van der Waals surface area contributed by atoms with Crippen LogP contribution in [-0.4, -0.2) is 57.8 Å². The third-order valence-electron chi connectivity index (χ3n) is 7.84. The molecule has 2 fully saturated rings. The molecule has 2 aliphatic heterocycles. The van der Waals surface area contributed by atoms with Gasteiger partial charge in [-0.2, -0.15) is 0 Å². The van der Waals surface area contributed by atoms with E-state index in [0.29, 0.717) is 17.7 Å². The molecule has 2 saturated heterocycles. The monoisotopic (exact) mass is 518 g/mol. The number of H-pyrrole nitrogens is 1. The molecule has 196 valence electrons. The molecule has 0 saturated carbocycles. The number of pyridine rings is 1. The highest BCUT2D eigenvalue weighted by Crippen LogP contribution is 2.37. The Labute approximate surface area is 223 Å². The van der Waals surface area contributed by atoms with E-state index in [9.17, 15) is 4.79 Å². The second-order valence-electron chi connectivity index (χ2n) is 10.9. The van der Waals surface area contributed by atoms with Crippen LogP contribution in [0.5, 0.6) is 0 Å². The number of anilines is 1. The fourth-order valence-corrected chi connectivity index (χ4v) is 6.68. The number of piperidine rings is 2. The fraction of sp³-hybridized carbons (Fsp3) is 0.483. The molecule has 7 nitrogen and oxygen atoms in total. The molecule has 3 N–H and O–H groups in total. The van der Waals surface area contributed by atoms with Crippen molar-refractivity contribution in [2.24, 2.45) is 5.92 Å². The molecule has 37 heavy (non-hydrogen) atoms. The Bertz CT molecular complexity index is 1350. The Morgan fingerprint density at radius 1 is 1.05 bits per heavy atom. The van der Waals surface area contributed by atoms with E-state index in [-0.39, 0.29) is 6.04 Å². The Balaban J connectivity index is 0.000000195. The number of nitrogen functional groups attached to an aromatic ring is 1. The van der Waals surface area contributed by atoms with Crippen molar-refractivity contribution < 1.29 is 4.79 Å². The molecule has 8 heteroatoms. The number of carbonyl (C=O) groups excluding carboxylic acids is 1. The van der Waals surface area contributed by atoms with E-state index in [1.54, 1.807) is 0 Å². The molecule has 0 aliphatic carbocycles. The highest BCUT2D eigenvalue weighted by atomic mass is 32.1. The first kappa shape index (κ1) is 25.7. The molecule has 1 aromatic carbocycles. The van der Waals surface area contributed by atoms with Crippen molar-refractivity contribution in [2.75, 3.05) is 32.4 Å². The maximum atomic E-state index is 11.5. The summed E-state index contributed by atoms with van der Waals surface area (Å²) in [6.07, 6.45) is 5.68. The fourth-order valence-electron chi connectivity index (χ4n) is 5.57. The van der Waals surface area contributed by atoms with Gasteiger partial charge in [0.1, 0.15) is 5.82 Å². The van der Waals surface area contributed by atoms with Crippen LogP contribution in [0.2, 0.25) is 0 Å². The molecule has 6 rings (SSSR count). The van der Waals surface area contributed by atoms with Gasteiger partial charge in [0.15, 0.2) is 0 Å². The van der Waals surface area contributed by atoms with Crippen molar-refractivity contribution in [3.63, 3.8) is 0 Å². The molecule has 4 aromatic rings. The van der Waals surface area contributed by atoms with Gasteiger partial charge in [-0.15, -0.1) is 11.3 Å². The molecule has 0 radical (unpaired) electrons. The summed E-state index contributed by atoms with van der Waals surface area (Å²) >= 11 is 1.85. The number of aromatic amines is 1. The van der Waals surface area contributed by atoms with Crippen molar-refractivity contribution in [3.8, 4) is 0 Å². The summed E-state index contributed by atoms with van der Waals surface area (Å²) < 4.78 is 1.28. The van der Waals surface area contributed by atoms with E-state index < -0.39 is 0 Å². The number of likely N-dealkylation sites (tertiary alicyclic amines) is 2. The maximum absolute atomic E-state index is 11.5. The molecule has 1 unspecified atom stereocenters. The van der Waals surface area contributed by atoms with E-state index in [1.807, 2.05) is 42.2 Å². The van der Waals surface area contributed by atoms with Crippen LogP contribution in [0, 0.1) is 19.8 Å². The second kappa shape index (κ2) is 10.8. The van der Waals surface area contributed by atoms with E-state index in [4.69, 9.17) is 10.7 Å². The number of nitrogens with one attached hydrogen (secondary N) is 1. The summed E-state index contributed by atoms with van der Waals surface area (Å²) in [5, 5.41) is 1.30. The van der Waals surface area contributed by atoms with Crippen molar-refractivity contribution in [1.82, 2.24) is 24.8 Å². The second-order valence-corrected chi connectivity index (χ2v) is 12.0. The zero-order valence-corrected chi connectivity index (χ0v) is 23.1. The first-order valence-corrected chi connectivity index (χ1v) is 14.1. The minimum atomic E-state index is 0.214. The van der Waals surface area contributed by atoms with Gasteiger partial charge in [0.25, 0.3) is 0 Å². The average molecular weight is 519 g/mol.